The minimum atomic E-state index is -0.683. The van der Waals surface area contributed by atoms with Crippen LogP contribution < -0.4 is 10.2 Å². The molecule has 0 saturated heterocycles. The molecule has 33 heavy (non-hydrogen) atoms. The molecule has 0 fully saturated rings. The van der Waals surface area contributed by atoms with Crippen molar-refractivity contribution < 1.29 is 14.4 Å². The first-order valence-electron chi connectivity index (χ1n) is 11.2. The highest BCUT2D eigenvalue weighted by Crippen LogP contribution is 2.37. The Bertz CT molecular complexity index is 1210. The van der Waals surface area contributed by atoms with E-state index >= 15 is 0 Å². The lowest BCUT2D eigenvalue weighted by Gasteiger charge is -2.31. The maximum absolute atomic E-state index is 13.6. The van der Waals surface area contributed by atoms with Crippen molar-refractivity contribution in [2.75, 3.05) is 11.4 Å². The maximum Gasteiger partial charge on any atom is 0.259 e. The molecule has 3 aromatic rings. The molecule has 3 aromatic carbocycles. The SMILES string of the molecule is Cc1ccc(CN(C(=O)CN2C(=O)c3cccc4cccc2c34)[C@@H](C)C(=O)NC(C)C)cc1. The summed E-state index contributed by atoms with van der Waals surface area (Å²) in [5, 5.41) is 4.73. The third kappa shape index (κ3) is 4.46. The summed E-state index contributed by atoms with van der Waals surface area (Å²) in [6.07, 6.45) is 0. The third-order valence-corrected chi connectivity index (χ3v) is 6.01. The lowest BCUT2D eigenvalue weighted by molar-refractivity contribution is -0.139. The van der Waals surface area contributed by atoms with Gasteiger partial charge in [0, 0.05) is 23.5 Å². The number of amides is 3. The van der Waals surface area contributed by atoms with E-state index in [9.17, 15) is 14.4 Å². The van der Waals surface area contributed by atoms with Gasteiger partial charge >= 0.3 is 0 Å². The Morgan fingerprint density at radius 3 is 2.30 bits per heavy atom. The Morgan fingerprint density at radius 2 is 1.64 bits per heavy atom. The molecule has 0 spiro atoms. The van der Waals surface area contributed by atoms with E-state index in [0.717, 1.165) is 27.6 Å². The van der Waals surface area contributed by atoms with E-state index in [4.69, 9.17) is 0 Å². The molecule has 0 aliphatic carbocycles. The van der Waals surface area contributed by atoms with Crippen LogP contribution in [0, 0.1) is 6.92 Å². The highest BCUT2D eigenvalue weighted by atomic mass is 16.2. The number of rotatable bonds is 7. The van der Waals surface area contributed by atoms with Crippen LogP contribution in [0.2, 0.25) is 0 Å². The van der Waals surface area contributed by atoms with Crippen molar-refractivity contribution in [2.45, 2.75) is 46.3 Å². The Labute approximate surface area is 194 Å². The molecule has 6 nitrogen and oxygen atoms in total. The summed E-state index contributed by atoms with van der Waals surface area (Å²) in [5.41, 5.74) is 3.38. The van der Waals surface area contributed by atoms with Crippen molar-refractivity contribution in [3.8, 4) is 0 Å². The Hall–Kier alpha value is -3.67. The maximum atomic E-state index is 13.6. The van der Waals surface area contributed by atoms with Crippen LogP contribution in [-0.4, -0.2) is 41.2 Å². The van der Waals surface area contributed by atoms with Gasteiger partial charge in [0.05, 0.1) is 5.69 Å². The molecule has 4 rings (SSSR count). The average molecular weight is 444 g/mol. The first-order chi connectivity index (χ1) is 15.8. The zero-order valence-corrected chi connectivity index (χ0v) is 19.5. The van der Waals surface area contributed by atoms with E-state index in [1.807, 2.05) is 75.4 Å². The lowest BCUT2D eigenvalue weighted by atomic mass is 10.1. The molecule has 1 N–H and O–H groups in total. The fraction of sp³-hybridized carbons (Fsp3) is 0.296. The molecular formula is C27H29N3O3. The number of hydrogen-bond donors (Lipinski definition) is 1. The molecule has 0 saturated carbocycles. The summed E-state index contributed by atoms with van der Waals surface area (Å²) in [5.74, 6) is -0.687. The number of nitrogens with zero attached hydrogens (tertiary/aromatic N) is 2. The van der Waals surface area contributed by atoms with E-state index in [1.54, 1.807) is 17.9 Å². The second-order valence-electron chi connectivity index (χ2n) is 8.92. The Kier molecular flexibility index (Phi) is 6.18. The lowest BCUT2D eigenvalue weighted by Crippen LogP contribution is -2.51. The summed E-state index contributed by atoms with van der Waals surface area (Å²) in [7, 11) is 0. The van der Waals surface area contributed by atoms with Crippen LogP contribution >= 0.6 is 0 Å². The molecule has 0 aromatic heterocycles. The molecule has 1 aliphatic rings. The predicted octanol–water partition coefficient (Wildman–Crippen LogP) is 4.05. The van der Waals surface area contributed by atoms with Crippen LogP contribution in [0.4, 0.5) is 5.69 Å². The van der Waals surface area contributed by atoms with Gasteiger partial charge in [0.2, 0.25) is 11.8 Å². The van der Waals surface area contributed by atoms with Gasteiger partial charge in [-0.2, -0.15) is 0 Å². The summed E-state index contributed by atoms with van der Waals surface area (Å²) in [6, 6.07) is 18.5. The molecule has 170 valence electrons. The summed E-state index contributed by atoms with van der Waals surface area (Å²) in [4.78, 5) is 42.6. The van der Waals surface area contributed by atoms with Crippen LogP contribution in [0.15, 0.2) is 60.7 Å². The van der Waals surface area contributed by atoms with Crippen molar-refractivity contribution in [1.29, 1.82) is 0 Å². The predicted molar refractivity (Wildman–Crippen MR) is 130 cm³/mol. The van der Waals surface area contributed by atoms with E-state index in [2.05, 4.69) is 5.32 Å². The van der Waals surface area contributed by atoms with Crippen molar-refractivity contribution in [3.05, 3.63) is 77.4 Å². The van der Waals surface area contributed by atoms with Gasteiger partial charge in [-0.3, -0.25) is 19.3 Å². The summed E-state index contributed by atoms with van der Waals surface area (Å²) >= 11 is 0. The van der Waals surface area contributed by atoms with Crippen molar-refractivity contribution in [2.24, 2.45) is 0 Å². The van der Waals surface area contributed by atoms with Gasteiger partial charge in [-0.05, 0) is 50.8 Å². The first kappa shape index (κ1) is 22.5. The standard InChI is InChI=1S/C27H29N3O3/c1-17(2)28-26(32)19(4)29(15-20-13-11-18(3)12-14-20)24(31)16-30-23-10-6-8-21-7-5-9-22(25(21)23)27(30)33/h5-14,17,19H,15-16H2,1-4H3,(H,28,32)/t19-/m0/s1. The van der Waals surface area contributed by atoms with Crippen LogP contribution in [0.3, 0.4) is 0 Å². The molecular weight excluding hydrogens is 414 g/mol. The third-order valence-electron chi connectivity index (χ3n) is 6.01. The van der Waals surface area contributed by atoms with Gasteiger partial charge in [0.25, 0.3) is 5.91 Å². The van der Waals surface area contributed by atoms with E-state index in [0.29, 0.717) is 5.56 Å². The van der Waals surface area contributed by atoms with Crippen molar-refractivity contribution in [3.63, 3.8) is 0 Å². The highest BCUT2D eigenvalue weighted by molar-refractivity contribution is 6.26. The number of carbonyl (C=O) groups is 3. The van der Waals surface area contributed by atoms with E-state index < -0.39 is 6.04 Å². The Balaban J connectivity index is 1.62. The number of anilines is 1. The van der Waals surface area contributed by atoms with Crippen LogP contribution in [-0.2, 0) is 16.1 Å². The fourth-order valence-electron chi connectivity index (χ4n) is 4.24. The van der Waals surface area contributed by atoms with Crippen molar-refractivity contribution in [1.82, 2.24) is 10.2 Å². The fourth-order valence-corrected chi connectivity index (χ4v) is 4.24. The number of aryl methyl sites for hydroxylation is 1. The number of hydrogen-bond acceptors (Lipinski definition) is 3. The van der Waals surface area contributed by atoms with Gasteiger partial charge in [-0.1, -0.05) is 54.1 Å². The van der Waals surface area contributed by atoms with E-state index in [-0.39, 0.29) is 36.9 Å². The topological polar surface area (TPSA) is 69.7 Å². The van der Waals surface area contributed by atoms with Gasteiger partial charge in [-0.15, -0.1) is 0 Å². The minimum absolute atomic E-state index is 0.0384. The summed E-state index contributed by atoms with van der Waals surface area (Å²) < 4.78 is 0. The first-order valence-corrected chi connectivity index (χ1v) is 11.2. The summed E-state index contributed by atoms with van der Waals surface area (Å²) in [6.45, 7) is 7.66. The minimum Gasteiger partial charge on any atom is -0.352 e. The molecule has 1 aliphatic heterocycles. The molecule has 0 radical (unpaired) electrons. The second-order valence-corrected chi connectivity index (χ2v) is 8.92. The largest absolute Gasteiger partial charge is 0.352 e. The molecule has 0 bridgehead atoms. The van der Waals surface area contributed by atoms with Crippen molar-refractivity contribution >= 4 is 34.2 Å². The number of carbonyl (C=O) groups excluding carboxylic acids is 3. The Morgan fingerprint density at radius 1 is 0.970 bits per heavy atom. The smallest absolute Gasteiger partial charge is 0.259 e. The zero-order valence-electron chi connectivity index (χ0n) is 19.5. The van der Waals surface area contributed by atoms with Gasteiger partial charge in [0.15, 0.2) is 0 Å². The van der Waals surface area contributed by atoms with Gasteiger partial charge < -0.3 is 10.2 Å². The average Bonchev–Trinajstić information content (AvgIpc) is 3.05. The number of nitrogens with one attached hydrogen (secondary N) is 1. The highest BCUT2D eigenvalue weighted by Gasteiger charge is 2.34. The molecule has 6 heteroatoms. The van der Waals surface area contributed by atoms with Gasteiger partial charge in [-0.25, -0.2) is 0 Å². The van der Waals surface area contributed by atoms with Crippen LogP contribution in [0.25, 0.3) is 10.8 Å². The monoisotopic (exact) mass is 443 g/mol. The molecule has 1 atom stereocenters. The quantitative estimate of drug-likeness (QED) is 0.599. The van der Waals surface area contributed by atoms with Crippen LogP contribution in [0.1, 0.15) is 42.3 Å². The zero-order chi connectivity index (χ0) is 23.7. The molecule has 1 heterocycles. The second kappa shape index (κ2) is 9.06. The van der Waals surface area contributed by atoms with E-state index in [1.165, 1.54) is 4.90 Å². The molecule has 0 unspecified atom stereocenters. The number of benzene rings is 3. The molecule has 3 amide bonds. The van der Waals surface area contributed by atoms with Crippen LogP contribution in [0.5, 0.6) is 0 Å². The van der Waals surface area contributed by atoms with Gasteiger partial charge in [0.1, 0.15) is 12.6 Å². The normalized spacial score (nSPS) is 13.5.